The topological polar surface area (TPSA) is 93.2 Å². The zero-order valence-corrected chi connectivity index (χ0v) is 17.1. The van der Waals surface area contributed by atoms with Gasteiger partial charge in [0.2, 0.25) is 0 Å². The number of benzene rings is 1. The number of guanidine groups is 1. The molecule has 0 aliphatic heterocycles. The molecule has 1 aromatic carbocycles. The molecule has 3 rings (SSSR count). The van der Waals surface area contributed by atoms with E-state index in [-0.39, 0.29) is 0 Å². The van der Waals surface area contributed by atoms with Crippen molar-refractivity contribution in [2.24, 2.45) is 4.99 Å². The monoisotopic (exact) mass is 395 g/mol. The van der Waals surface area contributed by atoms with Gasteiger partial charge in [-0.15, -0.1) is 0 Å². The van der Waals surface area contributed by atoms with Crippen LogP contribution in [0.5, 0.6) is 0 Å². The average molecular weight is 396 g/mol. The second kappa shape index (κ2) is 11.0. The van der Waals surface area contributed by atoms with Crippen molar-refractivity contribution in [1.29, 1.82) is 0 Å². The second-order valence-electron chi connectivity index (χ2n) is 6.63. The van der Waals surface area contributed by atoms with Crippen molar-refractivity contribution >= 4 is 5.96 Å². The van der Waals surface area contributed by atoms with Crippen LogP contribution in [0.4, 0.5) is 0 Å². The van der Waals surface area contributed by atoms with Crippen molar-refractivity contribution < 1.29 is 4.52 Å². The zero-order chi connectivity index (χ0) is 20.3. The Morgan fingerprint density at radius 2 is 2.03 bits per heavy atom. The molecule has 0 bridgehead atoms. The molecule has 0 saturated carbocycles. The molecule has 0 unspecified atom stereocenters. The minimum atomic E-state index is 0.572. The lowest BCUT2D eigenvalue weighted by atomic mass is 10.1. The van der Waals surface area contributed by atoms with Gasteiger partial charge in [0, 0.05) is 50.6 Å². The largest absolute Gasteiger partial charge is 0.357 e. The number of aromatic nitrogens is 4. The van der Waals surface area contributed by atoms with E-state index in [4.69, 9.17) is 4.52 Å². The molecule has 0 fully saturated rings. The Balaban J connectivity index is 1.44. The quantitative estimate of drug-likeness (QED) is 0.311. The molecule has 2 N–H and O–H groups in total. The van der Waals surface area contributed by atoms with Crippen LogP contribution in [-0.2, 0) is 19.4 Å². The Labute approximate surface area is 171 Å². The van der Waals surface area contributed by atoms with Crippen LogP contribution in [0.3, 0.4) is 0 Å². The van der Waals surface area contributed by atoms with Crippen LogP contribution in [0.2, 0.25) is 0 Å². The minimum absolute atomic E-state index is 0.572. The summed E-state index contributed by atoms with van der Waals surface area (Å²) in [5, 5.41) is 14.8. The third-order valence-corrected chi connectivity index (χ3v) is 4.41. The van der Waals surface area contributed by atoms with Gasteiger partial charge in [0.25, 0.3) is 5.89 Å². The molecule has 3 aromatic rings. The molecule has 0 aliphatic rings. The van der Waals surface area contributed by atoms with E-state index in [2.05, 4.69) is 49.9 Å². The van der Waals surface area contributed by atoms with E-state index < -0.39 is 0 Å². The Hall–Kier alpha value is -3.16. The van der Waals surface area contributed by atoms with Gasteiger partial charge >= 0.3 is 0 Å². The fourth-order valence-corrected chi connectivity index (χ4v) is 2.85. The van der Waals surface area contributed by atoms with E-state index >= 15 is 0 Å². The van der Waals surface area contributed by atoms with Crippen molar-refractivity contribution in [3.8, 4) is 11.5 Å². The van der Waals surface area contributed by atoms with E-state index in [1.807, 2.05) is 36.0 Å². The summed E-state index contributed by atoms with van der Waals surface area (Å²) in [4.78, 5) is 9.00. The van der Waals surface area contributed by atoms with Crippen LogP contribution in [0, 0.1) is 0 Å². The lowest BCUT2D eigenvalue weighted by molar-refractivity contribution is 0.423. The normalized spacial score (nSPS) is 11.6. The van der Waals surface area contributed by atoms with Gasteiger partial charge < -0.3 is 15.2 Å². The number of nitrogens with one attached hydrogen (secondary N) is 2. The third-order valence-electron chi connectivity index (χ3n) is 4.41. The maximum atomic E-state index is 5.29. The molecule has 2 heterocycles. The van der Waals surface area contributed by atoms with Crippen molar-refractivity contribution in [3.63, 3.8) is 0 Å². The van der Waals surface area contributed by atoms with Crippen LogP contribution in [-0.4, -0.2) is 45.5 Å². The van der Waals surface area contributed by atoms with E-state index in [0.29, 0.717) is 5.89 Å². The Morgan fingerprint density at radius 1 is 1.17 bits per heavy atom. The Bertz CT molecular complexity index is 869. The van der Waals surface area contributed by atoms with Crippen molar-refractivity contribution in [2.45, 2.75) is 39.7 Å². The summed E-state index contributed by atoms with van der Waals surface area (Å²) in [5.74, 6) is 2.15. The van der Waals surface area contributed by atoms with Gasteiger partial charge in [-0.3, -0.25) is 9.67 Å². The van der Waals surface area contributed by atoms with Crippen molar-refractivity contribution in [3.05, 3.63) is 54.1 Å². The third kappa shape index (κ3) is 6.44. The fourth-order valence-electron chi connectivity index (χ4n) is 2.85. The van der Waals surface area contributed by atoms with Gasteiger partial charge in [0.1, 0.15) is 0 Å². The summed E-state index contributed by atoms with van der Waals surface area (Å²) in [6.07, 6.45) is 6.40. The van der Waals surface area contributed by atoms with E-state index in [1.165, 1.54) is 5.56 Å². The molecule has 0 amide bonds. The van der Waals surface area contributed by atoms with Crippen LogP contribution in [0.25, 0.3) is 11.5 Å². The summed E-state index contributed by atoms with van der Waals surface area (Å²) in [5.41, 5.74) is 2.19. The summed E-state index contributed by atoms with van der Waals surface area (Å²) in [7, 11) is 0. The highest BCUT2D eigenvalue weighted by Gasteiger charge is 2.07. The summed E-state index contributed by atoms with van der Waals surface area (Å²) in [6, 6.07) is 10.2. The number of aryl methyl sites for hydroxylation is 2. The highest BCUT2D eigenvalue weighted by Crippen LogP contribution is 2.18. The second-order valence-corrected chi connectivity index (χ2v) is 6.63. The van der Waals surface area contributed by atoms with E-state index in [0.717, 1.165) is 62.8 Å². The highest BCUT2D eigenvalue weighted by molar-refractivity contribution is 5.79. The van der Waals surface area contributed by atoms with Gasteiger partial charge in [-0.25, -0.2) is 0 Å². The zero-order valence-electron chi connectivity index (χ0n) is 17.1. The summed E-state index contributed by atoms with van der Waals surface area (Å²) < 4.78 is 7.22. The van der Waals surface area contributed by atoms with Crippen LogP contribution in [0.1, 0.15) is 31.7 Å². The first kappa shape index (κ1) is 20.6. The molecule has 0 saturated heterocycles. The smallest absolute Gasteiger partial charge is 0.257 e. The van der Waals surface area contributed by atoms with Crippen LogP contribution >= 0.6 is 0 Å². The van der Waals surface area contributed by atoms with Crippen molar-refractivity contribution in [2.75, 3.05) is 19.6 Å². The lowest BCUT2D eigenvalue weighted by Gasteiger charge is -2.11. The first-order valence-corrected chi connectivity index (χ1v) is 10.2. The van der Waals surface area contributed by atoms with Crippen molar-refractivity contribution in [1.82, 2.24) is 30.6 Å². The average Bonchev–Trinajstić information content (AvgIpc) is 3.43. The lowest BCUT2D eigenvalue weighted by Crippen LogP contribution is -2.38. The Morgan fingerprint density at radius 3 is 2.72 bits per heavy atom. The fraction of sp³-hybridized carbons (Fsp3) is 0.429. The molecular formula is C21H29N7O. The van der Waals surface area contributed by atoms with Gasteiger partial charge in [-0.2, -0.15) is 10.1 Å². The van der Waals surface area contributed by atoms with E-state index in [1.54, 1.807) is 6.20 Å². The molecule has 0 spiro atoms. The number of hydrogen-bond acceptors (Lipinski definition) is 5. The Kier molecular flexibility index (Phi) is 7.80. The van der Waals surface area contributed by atoms with Gasteiger partial charge in [0.05, 0.1) is 0 Å². The van der Waals surface area contributed by atoms with Gasteiger partial charge in [-0.1, -0.05) is 24.2 Å². The molecule has 0 atom stereocenters. The number of hydrogen-bond donors (Lipinski definition) is 2. The number of nitrogens with zero attached hydrogens (tertiary/aromatic N) is 5. The molecule has 0 aliphatic carbocycles. The molecule has 8 nitrogen and oxygen atoms in total. The maximum absolute atomic E-state index is 5.29. The predicted octanol–water partition coefficient (Wildman–Crippen LogP) is 2.68. The predicted molar refractivity (Wildman–Crippen MR) is 114 cm³/mol. The maximum Gasteiger partial charge on any atom is 0.257 e. The van der Waals surface area contributed by atoms with Crippen LogP contribution < -0.4 is 10.6 Å². The first-order chi connectivity index (χ1) is 14.3. The van der Waals surface area contributed by atoms with Gasteiger partial charge in [-0.05, 0) is 43.5 Å². The summed E-state index contributed by atoms with van der Waals surface area (Å²) in [6.45, 7) is 7.36. The highest BCUT2D eigenvalue weighted by atomic mass is 16.5. The first-order valence-electron chi connectivity index (χ1n) is 10.2. The SMILES string of the molecule is CCNC(=NCCCn1cccn1)NCCc1ccc(-c2nc(CC)no2)cc1. The number of aliphatic imine (C=N–C) groups is 1. The summed E-state index contributed by atoms with van der Waals surface area (Å²) >= 11 is 0. The van der Waals surface area contributed by atoms with Gasteiger partial charge in [0.15, 0.2) is 11.8 Å². The standard InChI is InChI=1S/C21H29N7O/c1-3-19-26-20(29-27-19)18-9-7-17(8-10-18)11-14-24-21(22-4-2)23-12-5-15-28-16-6-13-25-28/h6-10,13,16H,3-5,11-12,14-15H2,1-2H3,(H2,22,23,24). The van der Waals surface area contributed by atoms with Crippen LogP contribution in [0.15, 0.2) is 52.2 Å². The number of rotatable bonds is 10. The molecule has 8 heteroatoms. The van der Waals surface area contributed by atoms with E-state index in [9.17, 15) is 0 Å². The molecule has 2 aromatic heterocycles. The molecule has 29 heavy (non-hydrogen) atoms. The molecule has 0 radical (unpaired) electrons. The minimum Gasteiger partial charge on any atom is -0.357 e. The molecule has 154 valence electrons. The molecular weight excluding hydrogens is 366 g/mol.